The number of hydrogen-bond donors (Lipinski definition) is 0. The number of rotatable bonds is 0. The van der Waals surface area contributed by atoms with Crippen LogP contribution in [0.4, 0.5) is 5.69 Å². The molecule has 1 heterocycles. The first-order valence-electron chi connectivity index (χ1n) is 5.13. The van der Waals surface area contributed by atoms with Gasteiger partial charge in [-0.1, -0.05) is 24.3 Å². The second-order valence-corrected chi connectivity index (χ2v) is 3.99. The summed E-state index contributed by atoms with van der Waals surface area (Å²) in [7, 11) is 0. The molecule has 1 aliphatic heterocycles. The van der Waals surface area contributed by atoms with E-state index in [2.05, 4.69) is 0 Å². The largest absolute Gasteiger partial charge is 0.454 e. The lowest BCUT2D eigenvalue weighted by Gasteiger charge is -2.12. The smallest absolute Gasteiger partial charge is 0.276 e. The molecule has 0 aromatic heterocycles. The minimum atomic E-state index is -0.285. The third-order valence-electron chi connectivity index (χ3n) is 2.59. The number of ether oxygens (including phenoxy) is 1. The zero-order valence-electron chi connectivity index (χ0n) is 8.76. The molecule has 0 aliphatic carbocycles. The van der Waals surface area contributed by atoms with Gasteiger partial charge in [0.05, 0.1) is 5.56 Å². The molecular formula is C13H8ClNO2. The van der Waals surface area contributed by atoms with Crippen LogP contribution >= 0.6 is 11.8 Å². The van der Waals surface area contributed by atoms with E-state index in [1.807, 2.05) is 12.1 Å². The van der Waals surface area contributed by atoms with Gasteiger partial charge in [-0.15, -0.1) is 0 Å². The fourth-order valence-corrected chi connectivity index (χ4v) is 2.00. The van der Waals surface area contributed by atoms with Gasteiger partial charge in [-0.3, -0.25) is 4.79 Å². The van der Waals surface area contributed by atoms with Gasteiger partial charge in [0.15, 0.2) is 5.75 Å². The van der Waals surface area contributed by atoms with E-state index in [4.69, 9.17) is 16.5 Å². The first-order valence-corrected chi connectivity index (χ1v) is 5.47. The number of halogens is 1. The highest BCUT2D eigenvalue weighted by molar-refractivity contribution is 6.40. The summed E-state index contributed by atoms with van der Waals surface area (Å²) in [5.41, 5.74) is 1.01. The quantitative estimate of drug-likeness (QED) is 0.664. The van der Waals surface area contributed by atoms with Crippen molar-refractivity contribution >= 4 is 23.4 Å². The monoisotopic (exact) mass is 245 g/mol. The van der Waals surface area contributed by atoms with Crippen molar-refractivity contribution in [1.29, 1.82) is 0 Å². The highest BCUT2D eigenvalue weighted by Crippen LogP contribution is 2.39. The molecule has 0 radical (unpaired) electrons. The molecule has 0 atom stereocenters. The van der Waals surface area contributed by atoms with Crippen LogP contribution in [0.15, 0.2) is 48.5 Å². The van der Waals surface area contributed by atoms with Gasteiger partial charge < -0.3 is 4.74 Å². The lowest BCUT2D eigenvalue weighted by atomic mass is 10.2. The maximum Gasteiger partial charge on any atom is 0.276 e. The van der Waals surface area contributed by atoms with E-state index in [1.165, 1.54) is 0 Å². The predicted octanol–water partition coefficient (Wildman–Crippen LogP) is 3.59. The fourth-order valence-electron chi connectivity index (χ4n) is 1.77. The Morgan fingerprint density at radius 3 is 2.41 bits per heavy atom. The molecule has 0 bridgehead atoms. The standard InChI is InChI=1S/C13H8ClNO2/c14-15-10-6-2-4-8-12(10)17-11-7-3-1-5-9(11)13(15)16/h1-8H. The molecule has 2 aromatic carbocycles. The van der Waals surface area contributed by atoms with Crippen LogP contribution in [-0.4, -0.2) is 5.91 Å². The van der Waals surface area contributed by atoms with Crippen molar-refractivity contribution in [2.24, 2.45) is 0 Å². The van der Waals surface area contributed by atoms with Crippen molar-refractivity contribution in [3.05, 3.63) is 54.1 Å². The molecule has 0 spiro atoms. The van der Waals surface area contributed by atoms with E-state index < -0.39 is 0 Å². The molecule has 0 unspecified atom stereocenters. The van der Waals surface area contributed by atoms with Crippen LogP contribution in [0.1, 0.15) is 10.4 Å². The second kappa shape index (κ2) is 3.79. The van der Waals surface area contributed by atoms with Crippen LogP contribution in [-0.2, 0) is 0 Å². The van der Waals surface area contributed by atoms with E-state index in [-0.39, 0.29) is 5.91 Å². The summed E-state index contributed by atoms with van der Waals surface area (Å²) in [6, 6.07) is 14.2. The third kappa shape index (κ3) is 1.56. The normalized spacial score (nSPS) is 13.5. The van der Waals surface area contributed by atoms with Crippen molar-refractivity contribution in [2.45, 2.75) is 0 Å². The number of para-hydroxylation sites is 3. The molecule has 0 saturated carbocycles. The number of carbonyl (C=O) groups is 1. The van der Waals surface area contributed by atoms with Crippen LogP contribution in [0.25, 0.3) is 0 Å². The van der Waals surface area contributed by atoms with Gasteiger partial charge >= 0.3 is 0 Å². The molecular weight excluding hydrogens is 238 g/mol. The predicted molar refractivity (Wildman–Crippen MR) is 65.6 cm³/mol. The van der Waals surface area contributed by atoms with Gasteiger partial charge in [0, 0.05) is 11.8 Å². The van der Waals surface area contributed by atoms with Gasteiger partial charge in [-0.2, -0.15) is 0 Å². The zero-order chi connectivity index (χ0) is 11.8. The Hall–Kier alpha value is -2.00. The van der Waals surface area contributed by atoms with E-state index >= 15 is 0 Å². The zero-order valence-corrected chi connectivity index (χ0v) is 9.52. The number of carbonyl (C=O) groups excluding carboxylic acids is 1. The summed E-state index contributed by atoms with van der Waals surface area (Å²) < 4.78 is 6.78. The number of benzene rings is 2. The van der Waals surface area contributed by atoms with Gasteiger partial charge in [0.1, 0.15) is 11.4 Å². The molecule has 0 N–H and O–H groups in total. The minimum absolute atomic E-state index is 0.285. The van der Waals surface area contributed by atoms with Gasteiger partial charge in [-0.05, 0) is 24.3 Å². The molecule has 84 valence electrons. The molecule has 3 rings (SSSR count). The Kier molecular flexibility index (Phi) is 2.27. The van der Waals surface area contributed by atoms with Crippen molar-refractivity contribution in [1.82, 2.24) is 0 Å². The van der Waals surface area contributed by atoms with Gasteiger partial charge in [0.25, 0.3) is 5.91 Å². The number of fused-ring (bicyclic) bond motifs is 2. The summed E-state index contributed by atoms with van der Waals surface area (Å²) in [6.07, 6.45) is 0. The Labute approximate surface area is 103 Å². The topological polar surface area (TPSA) is 29.5 Å². The molecule has 17 heavy (non-hydrogen) atoms. The summed E-state index contributed by atoms with van der Waals surface area (Å²) in [5.74, 6) is 0.807. The van der Waals surface area contributed by atoms with E-state index in [1.54, 1.807) is 36.4 Å². The average molecular weight is 246 g/mol. The van der Waals surface area contributed by atoms with Gasteiger partial charge in [0.2, 0.25) is 0 Å². The molecule has 4 heteroatoms. The summed E-state index contributed by atoms with van der Waals surface area (Å²) in [6.45, 7) is 0. The molecule has 1 aliphatic rings. The van der Waals surface area contributed by atoms with E-state index in [9.17, 15) is 4.79 Å². The molecule has 0 fully saturated rings. The summed E-state index contributed by atoms with van der Waals surface area (Å²) in [5, 5.41) is 0. The SMILES string of the molecule is O=C1c2ccccc2Oc2ccccc2N1Cl. The Morgan fingerprint density at radius 2 is 1.59 bits per heavy atom. The lowest BCUT2D eigenvalue weighted by molar-refractivity contribution is 0.101. The lowest BCUT2D eigenvalue weighted by Crippen LogP contribution is -2.19. The molecule has 3 nitrogen and oxygen atoms in total. The Morgan fingerprint density at radius 1 is 0.941 bits per heavy atom. The number of anilines is 1. The summed E-state index contributed by atoms with van der Waals surface area (Å²) in [4.78, 5) is 12.1. The van der Waals surface area contributed by atoms with Crippen LogP contribution in [0.2, 0.25) is 0 Å². The van der Waals surface area contributed by atoms with Crippen LogP contribution in [0, 0.1) is 0 Å². The maximum atomic E-state index is 12.1. The summed E-state index contributed by atoms with van der Waals surface area (Å²) >= 11 is 6.03. The number of nitrogens with zero attached hydrogens (tertiary/aromatic N) is 1. The Bertz CT molecular complexity index is 597. The fraction of sp³-hybridized carbons (Fsp3) is 0. The van der Waals surface area contributed by atoms with E-state index in [0.29, 0.717) is 22.7 Å². The first kappa shape index (κ1) is 10.2. The maximum absolute atomic E-state index is 12.1. The van der Waals surface area contributed by atoms with Crippen LogP contribution in [0.5, 0.6) is 11.5 Å². The number of amides is 1. The Balaban J connectivity index is 2.24. The highest BCUT2D eigenvalue weighted by atomic mass is 35.5. The van der Waals surface area contributed by atoms with Gasteiger partial charge in [-0.25, -0.2) is 4.42 Å². The van der Waals surface area contributed by atoms with Crippen molar-refractivity contribution in [3.63, 3.8) is 0 Å². The highest BCUT2D eigenvalue weighted by Gasteiger charge is 2.26. The third-order valence-corrected chi connectivity index (χ3v) is 2.93. The van der Waals surface area contributed by atoms with E-state index in [0.717, 1.165) is 4.42 Å². The first-order chi connectivity index (χ1) is 8.27. The average Bonchev–Trinajstić information content (AvgIpc) is 2.48. The molecule has 2 aromatic rings. The second-order valence-electron chi connectivity index (χ2n) is 3.65. The van der Waals surface area contributed by atoms with Crippen molar-refractivity contribution in [3.8, 4) is 11.5 Å². The number of hydrogen-bond acceptors (Lipinski definition) is 2. The van der Waals surface area contributed by atoms with Crippen LogP contribution < -0.4 is 9.16 Å². The molecule has 0 saturated heterocycles. The molecule has 1 amide bonds. The van der Waals surface area contributed by atoms with Crippen LogP contribution in [0.3, 0.4) is 0 Å². The van der Waals surface area contributed by atoms with Crippen molar-refractivity contribution in [2.75, 3.05) is 4.42 Å². The van der Waals surface area contributed by atoms with Crippen molar-refractivity contribution < 1.29 is 9.53 Å². The minimum Gasteiger partial charge on any atom is -0.454 e.